The fraction of sp³-hybridized carbons (Fsp3) is 0.348. The highest BCUT2D eigenvalue weighted by Gasteiger charge is 2.52. The lowest BCUT2D eigenvalue weighted by molar-refractivity contribution is -0.155. The van der Waals surface area contributed by atoms with E-state index in [0.29, 0.717) is 29.3 Å². The normalized spacial score (nSPS) is 23.8. The van der Waals surface area contributed by atoms with Crippen molar-refractivity contribution in [2.24, 2.45) is 17.8 Å². The predicted molar refractivity (Wildman–Crippen MR) is 110 cm³/mol. The van der Waals surface area contributed by atoms with Crippen molar-refractivity contribution >= 4 is 29.3 Å². The number of hydrogen-bond acceptors (Lipinski definition) is 3. The van der Waals surface area contributed by atoms with E-state index >= 15 is 0 Å². The van der Waals surface area contributed by atoms with Crippen molar-refractivity contribution in [2.75, 3.05) is 0 Å². The van der Waals surface area contributed by atoms with Crippen LogP contribution in [0.5, 0.6) is 0 Å². The maximum atomic E-state index is 13.3. The first-order valence-electron chi connectivity index (χ1n) is 9.95. The molecule has 1 saturated carbocycles. The summed E-state index contributed by atoms with van der Waals surface area (Å²) in [4.78, 5) is 39.7. The van der Waals surface area contributed by atoms with Crippen LogP contribution in [0.3, 0.4) is 0 Å². The van der Waals surface area contributed by atoms with Gasteiger partial charge in [0.25, 0.3) is 17.7 Å². The first kappa shape index (κ1) is 19.6. The average Bonchev–Trinajstić information content (AvgIpc) is 2.97. The molecule has 2 aromatic carbocycles. The van der Waals surface area contributed by atoms with E-state index in [-0.39, 0.29) is 36.1 Å². The van der Waals surface area contributed by atoms with Gasteiger partial charge in [-0.25, -0.2) is 5.01 Å². The Labute approximate surface area is 175 Å². The predicted octanol–water partition coefficient (Wildman–Crippen LogP) is 4.32. The molecule has 1 aliphatic heterocycles. The summed E-state index contributed by atoms with van der Waals surface area (Å²) in [5.74, 6) is -1.16. The SMILES string of the molecule is C[C@@H]1CC[C@H]2C(=O)N(N(Cc3ccccc3)C(=O)c3ccc(Cl)cc3)C(=O)[C@H]2C1. The van der Waals surface area contributed by atoms with Crippen molar-refractivity contribution in [1.29, 1.82) is 0 Å². The van der Waals surface area contributed by atoms with E-state index in [1.807, 2.05) is 30.3 Å². The number of carbonyl (C=O) groups excluding carboxylic acids is 3. The molecule has 0 bridgehead atoms. The monoisotopic (exact) mass is 410 g/mol. The smallest absolute Gasteiger partial charge is 0.272 e. The van der Waals surface area contributed by atoms with E-state index in [9.17, 15) is 14.4 Å². The Hall–Kier alpha value is -2.66. The molecule has 2 fully saturated rings. The average molecular weight is 411 g/mol. The number of nitrogens with zero attached hydrogens (tertiary/aromatic N) is 2. The molecule has 0 unspecified atom stereocenters. The Morgan fingerprint density at radius 3 is 2.34 bits per heavy atom. The van der Waals surface area contributed by atoms with Gasteiger partial charge in [-0.1, -0.05) is 48.9 Å². The number of carbonyl (C=O) groups is 3. The van der Waals surface area contributed by atoms with Crippen LogP contribution in [0.1, 0.15) is 42.1 Å². The molecular formula is C23H23ClN2O3. The molecule has 0 spiro atoms. The number of hydrazine groups is 1. The summed E-state index contributed by atoms with van der Waals surface area (Å²) in [5.41, 5.74) is 1.23. The molecule has 4 rings (SSSR count). The first-order chi connectivity index (χ1) is 14.0. The zero-order chi connectivity index (χ0) is 20.5. The quantitative estimate of drug-likeness (QED) is 0.705. The molecule has 2 aromatic rings. The second kappa shape index (κ2) is 7.99. The third-order valence-electron chi connectivity index (χ3n) is 5.91. The van der Waals surface area contributed by atoms with Crippen LogP contribution in [0.25, 0.3) is 0 Å². The zero-order valence-corrected chi connectivity index (χ0v) is 17.0. The molecule has 3 atom stereocenters. The second-order valence-electron chi connectivity index (χ2n) is 7.97. The lowest BCUT2D eigenvalue weighted by atomic mass is 9.76. The zero-order valence-electron chi connectivity index (χ0n) is 16.3. The van der Waals surface area contributed by atoms with Crippen molar-refractivity contribution in [3.63, 3.8) is 0 Å². The number of amides is 3. The second-order valence-corrected chi connectivity index (χ2v) is 8.41. The van der Waals surface area contributed by atoms with Crippen LogP contribution in [0.4, 0.5) is 0 Å². The molecule has 1 heterocycles. The van der Waals surface area contributed by atoms with E-state index in [0.717, 1.165) is 17.0 Å². The number of benzene rings is 2. The van der Waals surface area contributed by atoms with Crippen LogP contribution in [0, 0.1) is 17.8 Å². The van der Waals surface area contributed by atoms with Crippen LogP contribution in [-0.4, -0.2) is 27.7 Å². The van der Waals surface area contributed by atoms with Gasteiger partial charge in [0.2, 0.25) is 0 Å². The number of halogens is 1. The van der Waals surface area contributed by atoms with Gasteiger partial charge < -0.3 is 0 Å². The number of hydrogen-bond donors (Lipinski definition) is 0. The molecular weight excluding hydrogens is 388 g/mol. The highest BCUT2D eigenvalue weighted by molar-refractivity contribution is 6.30. The largest absolute Gasteiger partial charge is 0.273 e. The summed E-state index contributed by atoms with van der Waals surface area (Å²) in [6.45, 7) is 2.26. The van der Waals surface area contributed by atoms with Gasteiger partial charge in [0.05, 0.1) is 18.4 Å². The molecule has 1 saturated heterocycles. The summed E-state index contributed by atoms with van der Waals surface area (Å²) >= 11 is 5.95. The van der Waals surface area contributed by atoms with Gasteiger partial charge in [0.1, 0.15) is 0 Å². The van der Waals surface area contributed by atoms with Crippen molar-refractivity contribution < 1.29 is 14.4 Å². The first-order valence-corrected chi connectivity index (χ1v) is 10.3. The lowest BCUT2D eigenvalue weighted by Crippen LogP contribution is -2.49. The molecule has 2 aliphatic rings. The van der Waals surface area contributed by atoms with Gasteiger partial charge in [-0.15, -0.1) is 0 Å². The van der Waals surface area contributed by atoms with Crippen LogP contribution in [0.2, 0.25) is 5.02 Å². The fourth-order valence-corrected chi connectivity index (χ4v) is 4.47. The van der Waals surface area contributed by atoms with Crippen molar-refractivity contribution in [2.45, 2.75) is 32.7 Å². The highest BCUT2D eigenvalue weighted by atomic mass is 35.5. The molecule has 6 heteroatoms. The highest BCUT2D eigenvalue weighted by Crippen LogP contribution is 2.41. The summed E-state index contributed by atoms with van der Waals surface area (Å²) in [7, 11) is 0. The number of imide groups is 1. The maximum Gasteiger partial charge on any atom is 0.273 e. The minimum absolute atomic E-state index is 0.148. The Morgan fingerprint density at radius 1 is 1.00 bits per heavy atom. The van der Waals surface area contributed by atoms with E-state index < -0.39 is 0 Å². The van der Waals surface area contributed by atoms with E-state index in [4.69, 9.17) is 11.6 Å². The third kappa shape index (κ3) is 3.79. The van der Waals surface area contributed by atoms with Crippen molar-refractivity contribution in [3.05, 3.63) is 70.7 Å². The third-order valence-corrected chi connectivity index (χ3v) is 6.16. The Bertz CT molecular complexity index is 929. The Kier molecular flexibility index (Phi) is 5.41. The van der Waals surface area contributed by atoms with Crippen LogP contribution in [-0.2, 0) is 16.1 Å². The molecule has 0 aromatic heterocycles. The van der Waals surface area contributed by atoms with Gasteiger partial charge in [-0.2, -0.15) is 5.01 Å². The summed E-state index contributed by atoms with van der Waals surface area (Å²) in [6, 6.07) is 15.9. The van der Waals surface area contributed by atoms with Gasteiger partial charge in [0.15, 0.2) is 0 Å². The van der Waals surface area contributed by atoms with Crippen LogP contribution < -0.4 is 0 Å². The van der Waals surface area contributed by atoms with Crippen LogP contribution in [0.15, 0.2) is 54.6 Å². The maximum absolute atomic E-state index is 13.3. The molecule has 0 N–H and O–H groups in total. The van der Waals surface area contributed by atoms with Crippen molar-refractivity contribution in [1.82, 2.24) is 10.0 Å². The van der Waals surface area contributed by atoms with E-state index in [1.54, 1.807) is 24.3 Å². The topological polar surface area (TPSA) is 57.7 Å². The molecule has 29 heavy (non-hydrogen) atoms. The van der Waals surface area contributed by atoms with Gasteiger partial charge in [0, 0.05) is 10.6 Å². The molecule has 0 radical (unpaired) electrons. The van der Waals surface area contributed by atoms with Gasteiger partial charge >= 0.3 is 0 Å². The summed E-state index contributed by atoms with van der Waals surface area (Å²) in [6.07, 6.45) is 2.32. The fourth-order valence-electron chi connectivity index (χ4n) is 4.34. The van der Waals surface area contributed by atoms with E-state index in [2.05, 4.69) is 6.92 Å². The lowest BCUT2D eigenvalue weighted by Gasteiger charge is -2.30. The molecule has 1 aliphatic carbocycles. The standard InChI is InChI=1S/C23H23ClN2O3/c1-15-7-12-19-20(13-15)23(29)26(22(19)28)25(14-16-5-3-2-4-6-16)21(27)17-8-10-18(24)11-9-17/h2-6,8-11,15,19-20H,7,12-14H2,1H3/t15-,19-,20+/m1/s1. The van der Waals surface area contributed by atoms with Crippen LogP contribution >= 0.6 is 11.6 Å². The van der Waals surface area contributed by atoms with Gasteiger partial charge in [-0.3, -0.25) is 14.4 Å². The summed E-state index contributed by atoms with van der Waals surface area (Å²) in [5, 5.41) is 2.92. The molecule has 3 amide bonds. The number of fused-ring (bicyclic) bond motifs is 1. The van der Waals surface area contributed by atoms with Crippen molar-refractivity contribution in [3.8, 4) is 0 Å². The summed E-state index contributed by atoms with van der Waals surface area (Å²) < 4.78 is 0. The minimum Gasteiger partial charge on any atom is -0.272 e. The molecule has 150 valence electrons. The van der Waals surface area contributed by atoms with Gasteiger partial charge in [-0.05, 0) is 55.0 Å². The Morgan fingerprint density at radius 2 is 1.66 bits per heavy atom. The van der Waals surface area contributed by atoms with E-state index in [1.165, 1.54) is 5.01 Å². The minimum atomic E-state index is -0.390. The number of rotatable bonds is 4. The Balaban J connectivity index is 1.69. The molecule has 5 nitrogen and oxygen atoms in total.